The van der Waals surface area contributed by atoms with Gasteiger partial charge in [-0.1, -0.05) is 0 Å². The van der Waals surface area contributed by atoms with Crippen molar-refractivity contribution in [3.8, 4) is 0 Å². The zero-order valence-electron chi connectivity index (χ0n) is 11.5. The number of aryl methyl sites for hydroxylation is 1. The minimum atomic E-state index is 0.609. The summed E-state index contributed by atoms with van der Waals surface area (Å²) in [5.41, 5.74) is 1.03. The van der Waals surface area contributed by atoms with Crippen LogP contribution in [0, 0.1) is 6.92 Å². The van der Waals surface area contributed by atoms with Crippen molar-refractivity contribution in [2.45, 2.75) is 29.3 Å². The molecule has 0 atom stereocenters. The van der Waals surface area contributed by atoms with Crippen molar-refractivity contribution in [3.05, 3.63) is 11.1 Å². The van der Waals surface area contributed by atoms with Crippen LogP contribution in [0.15, 0.2) is 14.9 Å². The number of nitrogens with one attached hydrogen (secondary N) is 1. The topological polar surface area (TPSA) is 66.8 Å². The third kappa shape index (κ3) is 3.01. The lowest BCUT2D eigenvalue weighted by Crippen LogP contribution is -2.21. The number of hydrogen-bond acceptors (Lipinski definition) is 8. The summed E-state index contributed by atoms with van der Waals surface area (Å²) in [4.78, 5) is 20.0. The van der Waals surface area contributed by atoms with Crippen molar-refractivity contribution in [3.63, 3.8) is 0 Å². The Balaban J connectivity index is 1.87. The van der Waals surface area contributed by atoms with Gasteiger partial charge in [0.2, 0.25) is 17.1 Å². The first-order valence-corrected chi connectivity index (χ1v) is 8.23. The Hall–Kier alpha value is -1.41. The van der Waals surface area contributed by atoms with Gasteiger partial charge >= 0.3 is 0 Å². The molecule has 1 saturated heterocycles. The second kappa shape index (κ2) is 5.92. The molecule has 0 bridgehead atoms. The van der Waals surface area contributed by atoms with Crippen molar-refractivity contribution in [2.24, 2.45) is 0 Å². The minimum absolute atomic E-state index is 0.609. The van der Waals surface area contributed by atoms with Crippen molar-refractivity contribution >= 4 is 35.0 Å². The highest BCUT2D eigenvalue weighted by atomic mass is 32.2. The van der Waals surface area contributed by atoms with Gasteiger partial charge in [0.15, 0.2) is 4.34 Å². The Labute approximate surface area is 126 Å². The van der Waals surface area contributed by atoms with Gasteiger partial charge in [-0.2, -0.15) is 15.0 Å². The van der Waals surface area contributed by atoms with Crippen molar-refractivity contribution < 1.29 is 0 Å². The summed E-state index contributed by atoms with van der Waals surface area (Å²) in [5.74, 6) is 1.37. The van der Waals surface area contributed by atoms with Crippen LogP contribution in [0.5, 0.6) is 0 Å². The van der Waals surface area contributed by atoms with Crippen molar-refractivity contribution in [2.75, 3.05) is 30.4 Å². The molecule has 0 radical (unpaired) electrons. The van der Waals surface area contributed by atoms with Crippen LogP contribution in [0.1, 0.15) is 18.5 Å². The van der Waals surface area contributed by atoms with E-state index in [9.17, 15) is 0 Å². The Morgan fingerprint density at radius 2 is 2.00 bits per heavy atom. The highest BCUT2D eigenvalue weighted by Crippen LogP contribution is 2.29. The largest absolute Gasteiger partial charge is 0.357 e. The van der Waals surface area contributed by atoms with E-state index in [1.807, 2.05) is 19.4 Å². The molecule has 0 spiro atoms. The molecule has 0 amide bonds. The van der Waals surface area contributed by atoms with Gasteiger partial charge in [0.1, 0.15) is 0 Å². The minimum Gasteiger partial charge on any atom is -0.357 e. The standard InChI is InChI=1S/C12H16N6S2/c1-8-7-19-12(14-8)20-11-16-9(13-2)15-10(17-11)18-5-3-4-6-18/h7H,3-6H2,1-2H3,(H,13,15,16,17). The highest BCUT2D eigenvalue weighted by molar-refractivity contribution is 8.00. The number of aromatic nitrogens is 4. The van der Waals surface area contributed by atoms with Gasteiger partial charge < -0.3 is 10.2 Å². The molecule has 8 heteroatoms. The summed E-state index contributed by atoms with van der Waals surface area (Å²) in [7, 11) is 1.82. The Morgan fingerprint density at radius 1 is 1.20 bits per heavy atom. The van der Waals surface area contributed by atoms with E-state index in [0.29, 0.717) is 11.1 Å². The molecule has 0 aromatic carbocycles. The van der Waals surface area contributed by atoms with Gasteiger partial charge in [-0.3, -0.25) is 0 Å². The summed E-state index contributed by atoms with van der Waals surface area (Å²) >= 11 is 3.10. The molecule has 1 fully saturated rings. The number of hydrogen-bond donors (Lipinski definition) is 1. The fourth-order valence-corrected chi connectivity index (χ4v) is 3.71. The van der Waals surface area contributed by atoms with Gasteiger partial charge in [0, 0.05) is 31.2 Å². The van der Waals surface area contributed by atoms with E-state index < -0.39 is 0 Å². The summed E-state index contributed by atoms with van der Waals surface area (Å²) in [6.07, 6.45) is 2.41. The predicted octanol–water partition coefficient (Wildman–Crippen LogP) is 2.43. The quantitative estimate of drug-likeness (QED) is 0.930. The number of nitrogens with zero attached hydrogens (tertiary/aromatic N) is 5. The number of rotatable bonds is 4. The predicted molar refractivity (Wildman–Crippen MR) is 81.8 cm³/mol. The molecule has 20 heavy (non-hydrogen) atoms. The maximum atomic E-state index is 4.56. The number of thiazole rings is 1. The first-order chi connectivity index (χ1) is 9.74. The molecular weight excluding hydrogens is 292 g/mol. The van der Waals surface area contributed by atoms with E-state index in [2.05, 4.69) is 30.2 Å². The fraction of sp³-hybridized carbons (Fsp3) is 0.500. The smallest absolute Gasteiger partial charge is 0.231 e. The second-order valence-corrected chi connectivity index (χ2v) is 6.62. The van der Waals surface area contributed by atoms with Crippen LogP contribution in [0.2, 0.25) is 0 Å². The van der Waals surface area contributed by atoms with Gasteiger partial charge in [0.25, 0.3) is 0 Å². The molecule has 0 saturated carbocycles. The van der Waals surface area contributed by atoms with Crippen LogP contribution in [-0.4, -0.2) is 40.1 Å². The van der Waals surface area contributed by atoms with E-state index in [-0.39, 0.29) is 0 Å². The van der Waals surface area contributed by atoms with E-state index in [4.69, 9.17) is 0 Å². The Morgan fingerprint density at radius 3 is 2.65 bits per heavy atom. The first-order valence-electron chi connectivity index (χ1n) is 6.53. The van der Waals surface area contributed by atoms with Crippen LogP contribution < -0.4 is 10.2 Å². The van der Waals surface area contributed by atoms with Gasteiger partial charge in [-0.15, -0.1) is 11.3 Å². The van der Waals surface area contributed by atoms with Crippen LogP contribution in [-0.2, 0) is 0 Å². The maximum Gasteiger partial charge on any atom is 0.231 e. The molecule has 1 aliphatic rings. The average molecular weight is 308 g/mol. The summed E-state index contributed by atoms with van der Waals surface area (Å²) < 4.78 is 0.961. The van der Waals surface area contributed by atoms with Crippen molar-refractivity contribution in [1.29, 1.82) is 0 Å². The lowest BCUT2D eigenvalue weighted by Gasteiger charge is -2.15. The zero-order chi connectivity index (χ0) is 13.9. The molecule has 2 aromatic rings. The number of anilines is 2. The SMILES string of the molecule is CNc1nc(Sc2nc(C)cs2)nc(N2CCCC2)n1. The van der Waals surface area contributed by atoms with Crippen LogP contribution in [0.4, 0.5) is 11.9 Å². The first kappa shape index (κ1) is 13.6. The average Bonchev–Trinajstić information content (AvgIpc) is 3.10. The van der Waals surface area contributed by atoms with E-state index >= 15 is 0 Å². The van der Waals surface area contributed by atoms with Gasteiger partial charge in [-0.05, 0) is 31.5 Å². The third-order valence-corrected chi connectivity index (χ3v) is 4.91. The fourth-order valence-electron chi connectivity index (χ4n) is 2.02. The molecule has 3 heterocycles. The van der Waals surface area contributed by atoms with E-state index in [0.717, 1.165) is 29.1 Å². The second-order valence-electron chi connectivity index (χ2n) is 4.54. The van der Waals surface area contributed by atoms with Gasteiger partial charge in [0.05, 0.1) is 0 Å². The van der Waals surface area contributed by atoms with Crippen LogP contribution in [0.3, 0.4) is 0 Å². The van der Waals surface area contributed by atoms with E-state index in [1.165, 1.54) is 24.6 Å². The van der Waals surface area contributed by atoms with Gasteiger partial charge in [-0.25, -0.2) is 4.98 Å². The maximum absolute atomic E-state index is 4.56. The van der Waals surface area contributed by atoms with Crippen LogP contribution >= 0.6 is 23.1 Å². The van der Waals surface area contributed by atoms with E-state index in [1.54, 1.807) is 11.3 Å². The summed E-state index contributed by atoms with van der Waals surface area (Å²) in [6.45, 7) is 4.03. The third-order valence-electron chi connectivity index (χ3n) is 2.99. The lowest BCUT2D eigenvalue weighted by atomic mass is 10.4. The molecule has 0 unspecified atom stereocenters. The Kier molecular flexibility index (Phi) is 4.02. The highest BCUT2D eigenvalue weighted by Gasteiger charge is 2.18. The van der Waals surface area contributed by atoms with Crippen LogP contribution in [0.25, 0.3) is 0 Å². The molecule has 1 aliphatic heterocycles. The monoisotopic (exact) mass is 308 g/mol. The molecule has 6 nitrogen and oxygen atoms in total. The molecule has 106 valence electrons. The molecule has 1 N–H and O–H groups in total. The Bertz CT molecular complexity index is 593. The lowest BCUT2D eigenvalue weighted by molar-refractivity contribution is 0.830. The molecule has 2 aromatic heterocycles. The molecule has 0 aliphatic carbocycles. The summed E-state index contributed by atoms with van der Waals surface area (Å²) in [5, 5.41) is 5.73. The van der Waals surface area contributed by atoms with Crippen molar-refractivity contribution in [1.82, 2.24) is 19.9 Å². The summed E-state index contributed by atoms with van der Waals surface area (Å²) in [6, 6.07) is 0. The zero-order valence-corrected chi connectivity index (χ0v) is 13.1. The normalized spacial score (nSPS) is 14.8. The molecule has 3 rings (SSSR count). The molecular formula is C12H16N6S2.